The number of nitrogens with one attached hydrogen (secondary N) is 1. The molecule has 0 spiro atoms. The van der Waals surface area contributed by atoms with Crippen LogP contribution < -0.4 is 14.8 Å². The Hall–Kier alpha value is -2.24. The zero-order chi connectivity index (χ0) is 18.4. The second-order valence-electron chi connectivity index (χ2n) is 5.17. The van der Waals surface area contributed by atoms with Crippen molar-refractivity contribution in [1.29, 1.82) is 0 Å². The number of amides is 1. The van der Waals surface area contributed by atoms with Crippen molar-refractivity contribution in [1.82, 2.24) is 0 Å². The maximum atomic E-state index is 12.4. The molecule has 2 aromatic rings. The first-order valence-corrected chi connectivity index (χ1v) is 8.20. The number of halogens is 2. The molecule has 0 saturated carbocycles. The van der Waals surface area contributed by atoms with Crippen molar-refractivity contribution >= 4 is 40.6 Å². The molecule has 0 saturated heterocycles. The summed E-state index contributed by atoms with van der Waals surface area (Å²) in [6.45, 7) is 0. The molecule has 0 heterocycles. The van der Waals surface area contributed by atoms with E-state index in [9.17, 15) is 9.59 Å². The molecular formula is C18H17Cl2NO4. The van der Waals surface area contributed by atoms with Crippen LogP contribution in [0.2, 0.25) is 10.0 Å². The van der Waals surface area contributed by atoms with Crippen LogP contribution in [-0.2, 0) is 4.79 Å². The Balaban J connectivity index is 1.99. The van der Waals surface area contributed by atoms with Crippen molar-refractivity contribution in [3.63, 3.8) is 0 Å². The summed E-state index contributed by atoms with van der Waals surface area (Å²) in [5.41, 5.74) is 0.898. The second-order valence-corrected chi connectivity index (χ2v) is 5.98. The summed E-state index contributed by atoms with van der Waals surface area (Å²) in [4.78, 5) is 24.4. The fourth-order valence-electron chi connectivity index (χ4n) is 2.19. The van der Waals surface area contributed by atoms with Crippen LogP contribution in [-0.4, -0.2) is 25.9 Å². The molecule has 0 aliphatic rings. The van der Waals surface area contributed by atoms with Gasteiger partial charge in [0.2, 0.25) is 5.91 Å². The van der Waals surface area contributed by atoms with Crippen molar-refractivity contribution in [3.8, 4) is 11.5 Å². The summed E-state index contributed by atoms with van der Waals surface area (Å²) in [5.74, 6) is 0.480. The van der Waals surface area contributed by atoms with Crippen LogP contribution in [0.3, 0.4) is 0 Å². The smallest absolute Gasteiger partial charge is 0.224 e. The normalized spacial score (nSPS) is 10.2. The Morgan fingerprint density at radius 3 is 2.36 bits per heavy atom. The fourth-order valence-corrected chi connectivity index (χ4v) is 2.49. The highest BCUT2D eigenvalue weighted by atomic mass is 35.5. The molecule has 1 N–H and O–H groups in total. The number of anilines is 1. The van der Waals surface area contributed by atoms with Gasteiger partial charge < -0.3 is 14.8 Å². The van der Waals surface area contributed by atoms with E-state index in [1.54, 1.807) is 36.4 Å². The number of ketones is 1. The minimum atomic E-state index is -0.298. The first-order valence-electron chi connectivity index (χ1n) is 7.44. The van der Waals surface area contributed by atoms with E-state index < -0.39 is 0 Å². The third kappa shape index (κ3) is 5.11. The molecule has 2 aromatic carbocycles. The topological polar surface area (TPSA) is 64.6 Å². The van der Waals surface area contributed by atoms with Crippen LogP contribution >= 0.6 is 23.2 Å². The molecule has 0 aliphatic carbocycles. The van der Waals surface area contributed by atoms with E-state index in [1.807, 2.05) is 0 Å². The largest absolute Gasteiger partial charge is 0.497 e. The summed E-state index contributed by atoms with van der Waals surface area (Å²) in [6.07, 6.45) is 0.0656. The molecular weight excluding hydrogens is 365 g/mol. The van der Waals surface area contributed by atoms with Gasteiger partial charge in [0, 0.05) is 18.5 Å². The van der Waals surface area contributed by atoms with Gasteiger partial charge in [0.15, 0.2) is 5.78 Å². The van der Waals surface area contributed by atoms with E-state index in [1.165, 1.54) is 14.2 Å². The number of carbonyl (C=O) groups is 2. The minimum Gasteiger partial charge on any atom is -0.497 e. The molecule has 0 aromatic heterocycles. The van der Waals surface area contributed by atoms with E-state index in [-0.39, 0.29) is 24.5 Å². The van der Waals surface area contributed by atoms with Crippen molar-refractivity contribution < 1.29 is 19.1 Å². The molecule has 0 atom stereocenters. The average Bonchev–Trinajstić information content (AvgIpc) is 2.62. The van der Waals surface area contributed by atoms with E-state index >= 15 is 0 Å². The Morgan fingerprint density at radius 2 is 1.72 bits per heavy atom. The standard InChI is InChI=1S/C18H17Cl2NO4/c1-24-12-4-7-17(25-2)13(10-12)16(22)6-8-18(23)21-11-3-5-14(19)15(20)9-11/h3-5,7,9-10H,6,8H2,1-2H3,(H,21,23). The van der Waals surface area contributed by atoms with Gasteiger partial charge in [0.05, 0.1) is 29.8 Å². The summed E-state index contributed by atoms with van der Waals surface area (Å²) in [7, 11) is 3.00. The number of ether oxygens (including phenoxy) is 2. The molecule has 7 heteroatoms. The van der Waals surface area contributed by atoms with Gasteiger partial charge in [-0.25, -0.2) is 0 Å². The molecule has 25 heavy (non-hydrogen) atoms. The monoisotopic (exact) mass is 381 g/mol. The van der Waals surface area contributed by atoms with E-state index in [0.29, 0.717) is 32.8 Å². The van der Waals surface area contributed by atoms with E-state index in [2.05, 4.69) is 5.32 Å². The lowest BCUT2D eigenvalue weighted by Gasteiger charge is -2.10. The molecule has 0 unspecified atom stereocenters. The van der Waals surface area contributed by atoms with Gasteiger partial charge in [-0.15, -0.1) is 0 Å². The zero-order valence-electron chi connectivity index (χ0n) is 13.8. The summed E-state index contributed by atoms with van der Waals surface area (Å²) < 4.78 is 10.3. The predicted molar refractivity (Wildman–Crippen MR) is 98.2 cm³/mol. The number of carbonyl (C=O) groups excluding carboxylic acids is 2. The maximum Gasteiger partial charge on any atom is 0.224 e. The molecule has 5 nitrogen and oxygen atoms in total. The minimum absolute atomic E-state index is 0.0272. The van der Waals surface area contributed by atoms with Gasteiger partial charge in [0.25, 0.3) is 0 Å². The Bertz CT molecular complexity index is 793. The van der Waals surface area contributed by atoms with Crippen LogP contribution in [0, 0.1) is 0 Å². The van der Waals surface area contributed by atoms with Gasteiger partial charge in [-0.3, -0.25) is 9.59 Å². The van der Waals surface area contributed by atoms with Crippen molar-refractivity contribution in [2.24, 2.45) is 0 Å². The highest BCUT2D eigenvalue weighted by molar-refractivity contribution is 6.42. The van der Waals surface area contributed by atoms with Crippen molar-refractivity contribution in [3.05, 3.63) is 52.0 Å². The first-order chi connectivity index (χ1) is 11.9. The van der Waals surface area contributed by atoms with Crippen LogP contribution in [0.25, 0.3) is 0 Å². The zero-order valence-corrected chi connectivity index (χ0v) is 15.3. The average molecular weight is 382 g/mol. The van der Waals surface area contributed by atoms with Crippen LogP contribution in [0.15, 0.2) is 36.4 Å². The lowest BCUT2D eigenvalue weighted by Crippen LogP contribution is -2.14. The molecule has 2 rings (SSSR count). The molecule has 0 aliphatic heterocycles. The number of hydrogen-bond acceptors (Lipinski definition) is 4. The molecule has 132 valence electrons. The lowest BCUT2D eigenvalue weighted by molar-refractivity contribution is -0.116. The van der Waals surface area contributed by atoms with Gasteiger partial charge in [-0.05, 0) is 36.4 Å². The number of hydrogen-bond donors (Lipinski definition) is 1. The van der Waals surface area contributed by atoms with E-state index in [0.717, 1.165) is 0 Å². The predicted octanol–water partition coefficient (Wildman–Crippen LogP) is 4.61. The Morgan fingerprint density at radius 1 is 0.960 bits per heavy atom. The summed E-state index contributed by atoms with van der Waals surface area (Å²) in [5, 5.41) is 3.42. The van der Waals surface area contributed by atoms with Crippen LogP contribution in [0.1, 0.15) is 23.2 Å². The second kappa shape index (κ2) is 8.74. The highest BCUT2D eigenvalue weighted by Gasteiger charge is 2.15. The van der Waals surface area contributed by atoms with Gasteiger partial charge in [-0.1, -0.05) is 23.2 Å². The number of methoxy groups -OCH3 is 2. The third-order valence-corrected chi connectivity index (χ3v) is 4.23. The molecule has 1 amide bonds. The van der Waals surface area contributed by atoms with Crippen molar-refractivity contribution in [2.75, 3.05) is 19.5 Å². The highest BCUT2D eigenvalue weighted by Crippen LogP contribution is 2.26. The number of Topliss-reactive ketones (excluding diaryl/α,β-unsaturated/α-hetero) is 1. The quantitative estimate of drug-likeness (QED) is 0.711. The summed E-state index contributed by atoms with van der Waals surface area (Å²) >= 11 is 11.7. The molecule has 0 fully saturated rings. The lowest BCUT2D eigenvalue weighted by atomic mass is 10.0. The Labute approximate surface area is 155 Å². The summed E-state index contributed by atoms with van der Waals surface area (Å²) in [6, 6.07) is 9.73. The van der Waals surface area contributed by atoms with Crippen LogP contribution in [0.5, 0.6) is 11.5 Å². The van der Waals surface area contributed by atoms with Gasteiger partial charge in [-0.2, -0.15) is 0 Å². The first kappa shape index (κ1) is 19.1. The third-order valence-electron chi connectivity index (χ3n) is 3.49. The molecule has 0 bridgehead atoms. The SMILES string of the molecule is COc1ccc(OC)c(C(=O)CCC(=O)Nc2ccc(Cl)c(Cl)c2)c1. The molecule has 0 radical (unpaired) electrons. The Kier molecular flexibility index (Phi) is 6.67. The van der Waals surface area contributed by atoms with E-state index in [4.69, 9.17) is 32.7 Å². The van der Waals surface area contributed by atoms with Gasteiger partial charge in [0.1, 0.15) is 11.5 Å². The number of rotatable bonds is 7. The fraction of sp³-hybridized carbons (Fsp3) is 0.222. The van der Waals surface area contributed by atoms with Crippen LogP contribution in [0.4, 0.5) is 5.69 Å². The maximum absolute atomic E-state index is 12.4. The van der Waals surface area contributed by atoms with Crippen molar-refractivity contribution in [2.45, 2.75) is 12.8 Å². The van der Waals surface area contributed by atoms with Gasteiger partial charge >= 0.3 is 0 Å². The number of benzene rings is 2.